The Morgan fingerprint density at radius 2 is 0.909 bits per heavy atom. The molecule has 0 radical (unpaired) electrons. The van der Waals surface area contributed by atoms with E-state index in [0.717, 1.165) is 8.95 Å². The Balaban J connectivity index is 1.48. The van der Waals surface area contributed by atoms with E-state index < -0.39 is 11.9 Å². The number of aromatic nitrogens is 2. The van der Waals surface area contributed by atoms with E-state index in [1.54, 1.807) is 81.9 Å². The number of halogens is 2. The number of carbonyl (C=O) groups is 4. The maximum atomic E-state index is 13.4. The van der Waals surface area contributed by atoms with Gasteiger partial charge in [0.25, 0.3) is 0 Å². The minimum Gasteiger partial charge on any atom is -0.465 e. The summed E-state index contributed by atoms with van der Waals surface area (Å²) < 4.78 is 15.0. The van der Waals surface area contributed by atoms with Crippen LogP contribution in [-0.2, 0) is 9.47 Å². The van der Waals surface area contributed by atoms with E-state index in [4.69, 9.17) is 9.47 Å². The van der Waals surface area contributed by atoms with Crippen LogP contribution in [0.4, 0.5) is 0 Å². The van der Waals surface area contributed by atoms with E-state index in [0.29, 0.717) is 44.7 Å². The summed E-state index contributed by atoms with van der Waals surface area (Å²) in [6.45, 7) is 0. The van der Waals surface area contributed by atoms with Gasteiger partial charge in [-0.05, 0) is 96.1 Å². The zero-order valence-electron chi connectivity index (χ0n) is 23.3. The molecule has 0 N–H and O–H groups in total. The van der Waals surface area contributed by atoms with Gasteiger partial charge >= 0.3 is 11.9 Å². The fourth-order valence-corrected chi connectivity index (χ4v) is 5.68. The first kappa shape index (κ1) is 29.3. The first-order valence-electron chi connectivity index (χ1n) is 13.3. The summed E-state index contributed by atoms with van der Waals surface area (Å²) in [4.78, 5) is 52.4. The zero-order valence-corrected chi connectivity index (χ0v) is 26.5. The lowest BCUT2D eigenvalue weighted by Crippen LogP contribution is -2.05. The molecule has 0 spiro atoms. The number of benzene rings is 2. The number of nitrogens with zero attached hydrogens (tertiary/aromatic N) is 2. The van der Waals surface area contributed by atoms with E-state index in [1.807, 2.05) is 12.1 Å². The molecule has 4 heterocycles. The van der Waals surface area contributed by atoms with Crippen LogP contribution in [-0.4, -0.2) is 46.5 Å². The molecule has 10 heteroatoms. The van der Waals surface area contributed by atoms with E-state index >= 15 is 0 Å². The molecule has 0 unspecified atom stereocenters. The number of ether oxygens (including phenoxy) is 2. The first-order valence-corrected chi connectivity index (χ1v) is 14.9. The molecular formula is C34H22Br2N2O6. The van der Waals surface area contributed by atoms with Crippen LogP contribution in [0.2, 0.25) is 0 Å². The molecule has 0 bridgehead atoms. The zero-order chi connectivity index (χ0) is 31.1. The predicted octanol–water partition coefficient (Wildman–Crippen LogP) is 7.42. The van der Waals surface area contributed by atoms with Crippen molar-refractivity contribution in [3.63, 3.8) is 0 Å². The molecule has 8 nitrogen and oxygen atoms in total. The van der Waals surface area contributed by atoms with Crippen LogP contribution in [0.3, 0.4) is 0 Å². The molecular weight excluding hydrogens is 692 g/mol. The van der Waals surface area contributed by atoms with Crippen molar-refractivity contribution in [2.75, 3.05) is 14.2 Å². The van der Waals surface area contributed by atoms with Crippen molar-refractivity contribution in [2.24, 2.45) is 0 Å². The molecule has 0 aliphatic heterocycles. The number of fused-ring (bicyclic) bond motifs is 2. The number of rotatable bonds is 7. The molecule has 0 amide bonds. The highest BCUT2D eigenvalue weighted by atomic mass is 79.9. The summed E-state index contributed by atoms with van der Waals surface area (Å²) in [7, 11) is 2.57. The maximum Gasteiger partial charge on any atom is 0.340 e. The van der Waals surface area contributed by atoms with Crippen LogP contribution in [0, 0.1) is 0 Å². The lowest BCUT2D eigenvalue weighted by atomic mass is 10.1. The van der Waals surface area contributed by atoms with Crippen molar-refractivity contribution >= 4 is 66.4 Å². The number of methoxy groups -OCH3 is 2. The van der Waals surface area contributed by atoms with Gasteiger partial charge in [-0.1, -0.05) is 31.9 Å². The van der Waals surface area contributed by atoms with Crippen LogP contribution in [0.25, 0.3) is 22.2 Å². The summed E-state index contributed by atoms with van der Waals surface area (Å²) in [5.74, 6) is -1.67. The lowest BCUT2D eigenvalue weighted by Gasteiger charge is -2.09. The summed E-state index contributed by atoms with van der Waals surface area (Å²) >= 11 is 6.77. The van der Waals surface area contributed by atoms with Crippen molar-refractivity contribution in [1.82, 2.24) is 8.80 Å². The molecule has 0 aliphatic rings. The first-order chi connectivity index (χ1) is 21.2. The van der Waals surface area contributed by atoms with Crippen LogP contribution in [0.5, 0.6) is 0 Å². The predicted molar refractivity (Wildman–Crippen MR) is 172 cm³/mol. The van der Waals surface area contributed by atoms with Gasteiger partial charge in [-0.25, -0.2) is 9.59 Å². The van der Waals surface area contributed by atoms with Gasteiger partial charge in [0.15, 0.2) is 0 Å². The second-order valence-electron chi connectivity index (χ2n) is 9.88. The van der Waals surface area contributed by atoms with Crippen LogP contribution in [0.15, 0.2) is 106 Å². The third-order valence-corrected chi connectivity index (χ3v) is 8.42. The molecule has 0 fully saturated rings. The van der Waals surface area contributed by atoms with Gasteiger partial charge < -0.3 is 18.3 Å². The quantitative estimate of drug-likeness (QED) is 0.126. The molecule has 0 aliphatic carbocycles. The van der Waals surface area contributed by atoms with Gasteiger partial charge in [0.05, 0.1) is 47.8 Å². The standard InChI is InChI=1S/C34H22Br2N2O6/c1-43-33(41)25-17-29(31(39)19-3-7-23(35)8-4-19)37-13-11-21(15-27(25)37)22-12-14-38-28(16-22)26(34(42)44-2)18-30(38)32(40)20-5-9-24(36)10-6-20/h3-18H,1-2H3. The van der Waals surface area contributed by atoms with Crippen LogP contribution < -0.4 is 0 Å². The summed E-state index contributed by atoms with van der Waals surface area (Å²) in [5.41, 5.74) is 4.39. The minimum atomic E-state index is -0.583. The average molecular weight is 714 g/mol. The van der Waals surface area contributed by atoms with Crippen molar-refractivity contribution in [1.29, 1.82) is 0 Å². The fourth-order valence-electron chi connectivity index (χ4n) is 5.15. The van der Waals surface area contributed by atoms with Crippen LogP contribution >= 0.6 is 31.9 Å². The molecule has 0 atom stereocenters. The number of ketones is 2. The Bertz CT molecular complexity index is 1970. The number of hydrogen-bond donors (Lipinski definition) is 0. The molecule has 0 saturated carbocycles. The van der Waals surface area contributed by atoms with Crippen molar-refractivity contribution in [3.8, 4) is 11.1 Å². The molecule has 218 valence electrons. The number of carbonyl (C=O) groups excluding carboxylic acids is 4. The molecule has 6 aromatic rings. The minimum absolute atomic E-state index is 0.233. The molecule has 2 aromatic carbocycles. The Labute approximate surface area is 268 Å². The van der Waals surface area contributed by atoms with E-state index in [2.05, 4.69) is 31.9 Å². The number of hydrogen-bond acceptors (Lipinski definition) is 6. The van der Waals surface area contributed by atoms with Gasteiger partial charge in [0.1, 0.15) is 0 Å². The Kier molecular flexibility index (Phi) is 7.79. The van der Waals surface area contributed by atoms with E-state index in [1.165, 1.54) is 26.4 Å². The molecule has 4 aromatic heterocycles. The Morgan fingerprint density at radius 3 is 1.25 bits per heavy atom. The third-order valence-electron chi connectivity index (χ3n) is 7.36. The lowest BCUT2D eigenvalue weighted by molar-refractivity contribution is 0.0594. The second kappa shape index (κ2) is 11.7. The molecule has 0 saturated heterocycles. The highest BCUT2D eigenvalue weighted by molar-refractivity contribution is 9.10. The van der Waals surface area contributed by atoms with Crippen LogP contribution in [0.1, 0.15) is 52.8 Å². The largest absolute Gasteiger partial charge is 0.465 e. The Hall–Kier alpha value is -4.80. The highest BCUT2D eigenvalue weighted by Crippen LogP contribution is 2.30. The monoisotopic (exact) mass is 712 g/mol. The summed E-state index contributed by atoms with van der Waals surface area (Å²) in [6, 6.07) is 24.2. The topological polar surface area (TPSA) is 95.6 Å². The van der Waals surface area contributed by atoms with E-state index in [-0.39, 0.29) is 22.7 Å². The summed E-state index contributed by atoms with van der Waals surface area (Å²) in [5, 5.41) is 0. The normalized spacial score (nSPS) is 11.1. The Morgan fingerprint density at radius 1 is 0.545 bits per heavy atom. The number of pyridine rings is 2. The van der Waals surface area contributed by atoms with Gasteiger partial charge in [-0.15, -0.1) is 0 Å². The average Bonchev–Trinajstić information content (AvgIpc) is 3.62. The maximum absolute atomic E-state index is 13.4. The van der Waals surface area contributed by atoms with Crippen molar-refractivity contribution < 1.29 is 28.7 Å². The fraction of sp³-hybridized carbons (Fsp3) is 0.0588. The van der Waals surface area contributed by atoms with Crippen molar-refractivity contribution in [2.45, 2.75) is 0 Å². The molecule has 44 heavy (non-hydrogen) atoms. The molecule has 6 rings (SSSR count). The number of esters is 2. The highest BCUT2D eigenvalue weighted by Gasteiger charge is 2.24. The third kappa shape index (κ3) is 5.16. The van der Waals surface area contributed by atoms with Crippen molar-refractivity contribution in [3.05, 3.63) is 140 Å². The second-order valence-corrected chi connectivity index (χ2v) is 11.7. The van der Waals surface area contributed by atoms with Gasteiger partial charge in [-0.3, -0.25) is 9.59 Å². The van der Waals surface area contributed by atoms with Gasteiger partial charge in [-0.2, -0.15) is 0 Å². The van der Waals surface area contributed by atoms with Gasteiger partial charge in [0, 0.05) is 32.5 Å². The smallest absolute Gasteiger partial charge is 0.340 e. The SMILES string of the molecule is COC(=O)c1cc(C(=O)c2ccc(Br)cc2)n2ccc(-c3ccn4c(C(=O)c5ccc(Br)cc5)cc(C(=O)OC)c4c3)cc12. The van der Waals surface area contributed by atoms with E-state index in [9.17, 15) is 19.2 Å². The summed E-state index contributed by atoms with van der Waals surface area (Å²) in [6.07, 6.45) is 3.43. The van der Waals surface area contributed by atoms with Gasteiger partial charge in [0.2, 0.25) is 11.6 Å².